The smallest absolute Gasteiger partial charge is 0.344 e. The molecular formula is C11H5BrO2. The van der Waals surface area contributed by atoms with E-state index in [0.29, 0.717) is 11.3 Å². The van der Waals surface area contributed by atoms with Crippen molar-refractivity contribution in [2.24, 2.45) is 0 Å². The van der Waals surface area contributed by atoms with Crippen LogP contribution < -0.4 is 4.74 Å². The van der Waals surface area contributed by atoms with Crippen LogP contribution in [-0.4, -0.2) is 5.97 Å². The summed E-state index contributed by atoms with van der Waals surface area (Å²) in [5, 5.41) is 1.93. The molecule has 1 heterocycles. The maximum atomic E-state index is 11.4. The van der Waals surface area contributed by atoms with Gasteiger partial charge in [-0.15, -0.1) is 0 Å². The molecule has 1 aliphatic rings. The van der Waals surface area contributed by atoms with Gasteiger partial charge in [-0.05, 0) is 18.2 Å². The molecule has 3 heteroatoms. The van der Waals surface area contributed by atoms with Crippen molar-refractivity contribution < 1.29 is 9.53 Å². The summed E-state index contributed by atoms with van der Waals surface area (Å²) in [4.78, 5) is 11.4. The number of esters is 1. The molecule has 14 heavy (non-hydrogen) atoms. The minimum atomic E-state index is -0.260. The third-order valence-corrected chi connectivity index (χ3v) is 3.06. The highest BCUT2D eigenvalue weighted by Gasteiger charge is 2.24. The molecule has 2 aromatic rings. The van der Waals surface area contributed by atoms with Crippen LogP contribution in [0.15, 0.2) is 34.8 Å². The number of carbonyl (C=O) groups is 1. The van der Waals surface area contributed by atoms with Gasteiger partial charge in [-0.2, -0.15) is 0 Å². The Labute approximate surface area is 88.6 Å². The van der Waals surface area contributed by atoms with E-state index in [1.54, 1.807) is 6.07 Å². The second-order valence-electron chi connectivity index (χ2n) is 3.16. The fourth-order valence-corrected chi connectivity index (χ4v) is 2.21. The summed E-state index contributed by atoms with van der Waals surface area (Å²) in [5.41, 5.74) is 0.652. The van der Waals surface area contributed by atoms with E-state index in [-0.39, 0.29) is 5.97 Å². The maximum Gasteiger partial charge on any atom is 0.344 e. The Morgan fingerprint density at radius 2 is 2.00 bits per heavy atom. The normalized spacial score (nSPS) is 13.4. The highest BCUT2D eigenvalue weighted by molar-refractivity contribution is 9.10. The molecule has 0 aromatic heterocycles. The predicted octanol–water partition coefficient (Wildman–Crippen LogP) is 3.13. The maximum absolute atomic E-state index is 11.4. The summed E-state index contributed by atoms with van der Waals surface area (Å²) in [7, 11) is 0. The van der Waals surface area contributed by atoms with Gasteiger partial charge < -0.3 is 4.74 Å². The Morgan fingerprint density at radius 3 is 2.86 bits per heavy atom. The van der Waals surface area contributed by atoms with Gasteiger partial charge >= 0.3 is 5.97 Å². The van der Waals surface area contributed by atoms with Gasteiger partial charge in [0.2, 0.25) is 0 Å². The minimum absolute atomic E-state index is 0.260. The van der Waals surface area contributed by atoms with Crippen LogP contribution in [-0.2, 0) is 0 Å². The summed E-state index contributed by atoms with van der Waals surface area (Å²) >= 11 is 3.45. The monoisotopic (exact) mass is 248 g/mol. The van der Waals surface area contributed by atoms with Crippen molar-refractivity contribution in [3.8, 4) is 5.75 Å². The van der Waals surface area contributed by atoms with E-state index in [1.165, 1.54) is 0 Å². The van der Waals surface area contributed by atoms with E-state index in [1.807, 2.05) is 24.3 Å². The van der Waals surface area contributed by atoms with Gasteiger partial charge in [0, 0.05) is 15.2 Å². The molecule has 1 aliphatic heterocycles. The van der Waals surface area contributed by atoms with E-state index in [0.717, 1.165) is 15.2 Å². The summed E-state index contributed by atoms with van der Waals surface area (Å²) in [6, 6.07) is 9.31. The fourth-order valence-electron chi connectivity index (χ4n) is 1.75. The SMILES string of the molecule is O=C1Oc2cccc3c(Br)ccc1c23. The first-order valence-corrected chi connectivity index (χ1v) is 5.00. The zero-order chi connectivity index (χ0) is 9.71. The minimum Gasteiger partial charge on any atom is -0.422 e. The topological polar surface area (TPSA) is 26.3 Å². The quantitative estimate of drug-likeness (QED) is 0.529. The van der Waals surface area contributed by atoms with Gasteiger partial charge in [0.05, 0.1) is 5.56 Å². The number of halogens is 1. The molecule has 0 aliphatic carbocycles. The van der Waals surface area contributed by atoms with Crippen molar-refractivity contribution in [1.29, 1.82) is 0 Å². The molecule has 0 atom stereocenters. The molecule has 0 amide bonds. The number of rotatable bonds is 0. The highest BCUT2D eigenvalue weighted by Crippen LogP contribution is 2.38. The molecule has 0 fully saturated rings. The lowest BCUT2D eigenvalue weighted by molar-refractivity contribution is 0.0754. The summed E-state index contributed by atoms with van der Waals surface area (Å²) < 4.78 is 6.10. The second-order valence-corrected chi connectivity index (χ2v) is 4.02. The molecule has 2 nitrogen and oxygen atoms in total. The van der Waals surface area contributed by atoms with Crippen molar-refractivity contribution in [1.82, 2.24) is 0 Å². The Hall–Kier alpha value is -1.35. The largest absolute Gasteiger partial charge is 0.422 e. The molecule has 0 spiro atoms. The molecule has 0 bridgehead atoms. The first-order valence-electron chi connectivity index (χ1n) is 4.21. The van der Waals surface area contributed by atoms with Crippen molar-refractivity contribution in [2.75, 3.05) is 0 Å². The van der Waals surface area contributed by atoms with Crippen LogP contribution in [0.3, 0.4) is 0 Å². The summed E-state index contributed by atoms with van der Waals surface area (Å²) in [5.74, 6) is 0.396. The Morgan fingerprint density at radius 1 is 1.14 bits per heavy atom. The molecule has 68 valence electrons. The summed E-state index contributed by atoms with van der Waals surface area (Å²) in [6.07, 6.45) is 0. The Balaban J connectivity index is 2.59. The molecular weight excluding hydrogens is 244 g/mol. The van der Waals surface area contributed by atoms with Crippen LogP contribution in [0.2, 0.25) is 0 Å². The molecule has 0 saturated carbocycles. The van der Waals surface area contributed by atoms with Crippen LogP contribution in [0.25, 0.3) is 10.8 Å². The van der Waals surface area contributed by atoms with Gasteiger partial charge in [0.15, 0.2) is 0 Å². The van der Waals surface area contributed by atoms with E-state index in [9.17, 15) is 4.79 Å². The lowest BCUT2D eigenvalue weighted by Crippen LogP contribution is -2.00. The van der Waals surface area contributed by atoms with E-state index >= 15 is 0 Å². The Bertz CT molecular complexity index is 560. The average Bonchev–Trinajstić information content (AvgIpc) is 2.50. The zero-order valence-electron chi connectivity index (χ0n) is 7.08. The van der Waals surface area contributed by atoms with Crippen molar-refractivity contribution >= 4 is 32.7 Å². The van der Waals surface area contributed by atoms with E-state index in [2.05, 4.69) is 15.9 Å². The first-order chi connectivity index (χ1) is 6.77. The van der Waals surface area contributed by atoms with Crippen molar-refractivity contribution in [3.05, 3.63) is 40.4 Å². The van der Waals surface area contributed by atoms with Gasteiger partial charge in [-0.3, -0.25) is 0 Å². The lowest BCUT2D eigenvalue weighted by atomic mass is 10.1. The first kappa shape index (κ1) is 8.00. The van der Waals surface area contributed by atoms with Gasteiger partial charge in [-0.25, -0.2) is 4.79 Å². The zero-order valence-corrected chi connectivity index (χ0v) is 8.67. The van der Waals surface area contributed by atoms with Crippen LogP contribution in [0, 0.1) is 0 Å². The highest BCUT2D eigenvalue weighted by atomic mass is 79.9. The number of hydrogen-bond acceptors (Lipinski definition) is 2. The van der Waals surface area contributed by atoms with Gasteiger partial charge in [0.25, 0.3) is 0 Å². The van der Waals surface area contributed by atoms with Crippen molar-refractivity contribution in [3.63, 3.8) is 0 Å². The second kappa shape index (κ2) is 2.58. The van der Waals surface area contributed by atoms with E-state index in [4.69, 9.17) is 4.74 Å². The average molecular weight is 249 g/mol. The van der Waals surface area contributed by atoms with Crippen LogP contribution in [0.4, 0.5) is 0 Å². The molecule has 2 aromatic carbocycles. The fraction of sp³-hybridized carbons (Fsp3) is 0. The van der Waals surface area contributed by atoms with Crippen molar-refractivity contribution in [2.45, 2.75) is 0 Å². The number of benzene rings is 2. The molecule has 0 unspecified atom stereocenters. The number of hydrogen-bond donors (Lipinski definition) is 0. The van der Waals surface area contributed by atoms with Gasteiger partial charge in [-0.1, -0.05) is 28.1 Å². The standard InChI is InChI=1S/C11H5BrO2/c12-8-5-4-7-10-6(8)2-1-3-9(10)14-11(7)13/h1-5H. The number of carbonyl (C=O) groups excluding carboxylic acids is 1. The van der Waals surface area contributed by atoms with E-state index < -0.39 is 0 Å². The third-order valence-electron chi connectivity index (χ3n) is 2.37. The Kier molecular flexibility index (Phi) is 1.47. The molecule has 3 rings (SSSR count). The van der Waals surface area contributed by atoms with Gasteiger partial charge in [0.1, 0.15) is 5.75 Å². The molecule has 0 radical (unpaired) electrons. The van der Waals surface area contributed by atoms with Crippen LogP contribution in [0.1, 0.15) is 10.4 Å². The third kappa shape index (κ3) is 0.876. The summed E-state index contributed by atoms with van der Waals surface area (Å²) in [6.45, 7) is 0. The predicted molar refractivity (Wildman–Crippen MR) is 56.6 cm³/mol. The number of ether oxygens (including phenoxy) is 1. The lowest BCUT2D eigenvalue weighted by Gasteiger charge is -1.99. The van der Waals surface area contributed by atoms with Crippen LogP contribution in [0.5, 0.6) is 5.75 Å². The molecule has 0 N–H and O–H groups in total. The van der Waals surface area contributed by atoms with Crippen LogP contribution >= 0.6 is 15.9 Å². The molecule has 0 saturated heterocycles.